The first-order valence-corrected chi connectivity index (χ1v) is 6.54. The molecule has 106 valence electrons. The van der Waals surface area contributed by atoms with Gasteiger partial charge < -0.3 is 22.9 Å². The molecule has 5 nitrogen and oxygen atoms in total. The summed E-state index contributed by atoms with van der Waals surface area (Å²) in [6.07, 6.45) is 1.92. The first kappa shape index (κ1) is 16.8. The highest BCUT2D eigenvalue weighted by Gasteiger charge is 2.30. The van der Waals surface area contributed by atoms with Crippen molar-refractivity contribution < 1.29 is 0 Å². The molecule has 0 heterocycles. The van der Waals surface area contributed by atoms with E-state index in [9.17, 15) is 0 Å². The fourth-order valence-corrected chi connectivity index (χ4v) is 2.44. The molecule has 0 saturated heterocycles. The molecule has 0 spiro atoms. The van der Waals surface area contributed by atoms with Gasteiger partial charge in [0.25, 0.3) is 0 Å². The molecule has 0 aliphatic rings. The molecule has 0 radical (unpaired) electrons. The summed E-state index contributed by atoms with van der Waals surface area (Å²) in [4.78, 5) is 4.10. The Kier molecular flexibility index (Phi) is 7.43. The zero-order chi connectivity index (χ0) is 14.3. The van der Waals surface area contributed by atoms with Gasteiger partial charge >= 0.3 is 0 Å². The van der Waals surface area contributed by atoms with Crippen molar-refractivity contribution in [3.63, 3.8) is 0 Å². The smallest absolute Gasteiger partial charge is 0.103 e. The van der Waals surface area contributed by atoms with E-state index in [0.29, 0.717) is 35.6 Å². The van der Waals surface area contributed by atoms with Crippen molar-refractivity contribution in [1.82, 2.24) is 0 Å². The highest BCUT2D eigenvalue weighted by Crippen LogP contribution is 2.30. The monoisotopic (exact) mass is 255 g/mol. The fourth-order valence-electron chi connectivity index (χ4n) is 2.44. The third-order valence-corrected chi connectivity index (χ3v) is 3.62. The minimum Gasteiger partial charge on any atom is -0.401 e. The average Bonchev–Trinajstić information content (AvgIpc) is 2.34. The number of hydrogen-bond donors (Lipinski definition) is 4. The molecule has 0 amide bonds. The van der Waals surface area contributed by atoms with Crippen molar-refractivity contribution in [3.05, 3.63) is 11.4 Å². The van der Waals surface area contributed by atoms with Gasteiger partial charge in [0.2, 0.25) is 0 Å². The van der Waals surface area contributed by atoms with E-state index < -0.39 is 0 Å². The fraction of sp³-hybridized carbons (Fsp3) is 0.769. The van der Waals surface area contributed by atoms with Crippen LogP contribution in [0.1, 0.15) is 33.6 Å². The second-order valence-electron chi connectivity index (χ2n) is 4.89. The topological polar surface area (TPSA) is 116 Å². The van der Waals surface area contributed by atoms with Crippen molar-refractivity contribution in [2.24, 2.45) is 45.7 Å². The Morgan fingerprint density at radius 1 is 1.22 bits per heavy atom. The third kappa shape index (κ3) is 4.22. The van der Waals surface area contributed by atoms with Crippen LogP contribution in [0.2, 0.25) is 0 Å². The number of allylic oxidation sites excluding steroid dienone is 1. The molecule has 0 aliphatic heterocycles. The lowest BCUT2D eigenvalue weighted by molar-refractivity contribution is 0.290. The maximum absolute atomic E-state index is 6.11. The predicted molar refractivity (Wildman–Crippen MR) is 78.7 cm³/mol. The van der Waals surface area contributed by atoms with Crippen LogP contribution in [0, 0.1) is 17.8 Å². The van der Waals surface area contributed by atoms with Crippen LogP contribution in [-0.4, -0.2) is 19.4 Å². The van der Waals surface area contributed by atoms with E-state index in [1.165, 1.54) is 0 Å². The molecule has 3 atom stereocenters. The van der Waals surface area contributed by atoms with Crippen LogP contribution in [0.5, 0.6) is 0 Å². The minimum atomic E-state index is -0.0912. The van der Waals surface area contributed by atoms with Gasteiger partial charge in [-0.15, -0.1) is 0 Å². The first-order chi connectivity index (χ1) is 8.40. The summed E-state index contributed by atoms with van der Waals surface area (Å²) in [6, 6.07) is 0. The lowest BCUT2D eigenvalue weighted by Crippen LogP contribution is -2.38. The number of amidine groups is 1. The van der Waals surface area contributed by atoms with Gasteiger partial charge in [0.05, 0.1) is 5.92 Å². The standard InChI is InChI=1S/C13H29N5/c1-5-10(8(2)6-7-14)11(13(17)18-4)12(16)9(3)15/h8,10-11H,5-7,14-16H2,1-4H3,(H2,17,18)/b12-9+. The molecule has 5 heteroatoms. The molecule has 3 unspecified atom stereocenters. The third-order valence-electron chi connectivity index (χ3n) is 3.62. The molecule has 8 N–H and O–H groups in total. The van der Waals surface area contributed by atoms with E-state index in [4.69, 9.17) is 22.9 Å². The normalized spacial score (nSPS) is 19.1. The van der Waals surface area contributed by atoms with Gasteiger partial charge in [-0.1, -0.05) is 20.3 Å². The average molecular weight is 255 g/mol. The van der Waals surface area contributed by atoms with E-state index >= 15 is 0 Å². The van der Waals surface area contributed by atoms with Gasteiger partial charge in [0.1, 0.15) is 5.84 Å². The predicted octanol–water partition coefficient (Wildman–Crippen LogP) is 0.750. The number of hydrogen-bond acceptors (Lipinski definition) is 4. The second-order valence-corrected chi connectivity index (χ2v) is 4.89. The quantitative estimate of drug-likeness (QED) is 0.396. The molecule has 0 aliphatic carbocycles. The first-order valence-electron chi connectivity index (χ1n) is 6.54. The Balaban J connectivity index is 5.35. The van der Waals surface area contributed by atoms with E-state index in [2.05, 4.69) is 18.8 Å². The zero-order valence-corrected chi connectivity index (χ0v) is 12.1. The van der Waals surface area contributed by atoms with Crippen molar-refractivity contribution in [2.75, 3.05) is 13.6 Å². The molecule has 18 heavy (non-hydrogen) atoms. The lowest BCUT2D eigenvalue weighted by Gasteiger charge is -2.31. The Bertz CT molecular complexity index is 305. The van der Waals surface area contributed by atoms with Crippen molar-refractivity contribution in [2.45, 2.75) is 33.6 Å². The summed E-state index contributed by atoms with van der Waals surface area (Å²) in [5, 5.41) is 0. The van der Waals surface area contributed by atoms with Crippen molar-refractivity contribution >= 4 is 5.84 Å². The summed E-state index contributed by atoms with van der Waals surface area (Å²) < 4.78 is 0. The summed E-state index contributed by atoms with van der Waals surface area (Å²) in [5.41, 5.74) is 24.8. The van der Waals surface area contributed by atoms with Crippen molar-refractivity contribution in [3.8, 4) is 0 Å². The summed E-state index contributed by atoms with van der Waals surface area (Å²) in [6.45, 7) is 6.77. The van der Waals surface area contributed by atoms with Gasteiger partial charge in [0.15, 0.2) is 0 Å². The molecule has 0 aromatic heterocycles. The van der Waals surface area contributed by atoms with Crippen LogP contribution < -0.4 is 22.9 Å². The number of nitrogens with two attached hydrogens (primary N) is 4. The molecule has 0 bridgehead atoms. The Morgan fingerprint density at radius 3 is 2.11 bits per heavy atom. The molecular formula is C13H29N5. The number of nitrogens with zero attached hydrogens (tertiary/aromatic N) is 1. The van der Waals surface area contributed by atoms with Crippen LogP contribution in [0.15, 0.2) is 16.4 Å². The number of rotatable bonds is 7. The van der Waals surface area contributed by atoms with Gasteiger partial charge in [-0.25, -0.2) is 0 Å². The zero-order valence-electron chi connectivity index (χ0n) is 12.1. The largest absolute Gasteiger partial charge is 0.401 e. The van der Waals surface area contributed by atoms with Crippen LogP contribution in [0.25, 0.3) is 0 Å². The van der Waals surface area contributed by atoms with E-state index in [-0.39, 0.29) is 5.92 Å². The Hall–Kier alpha value is -1.23. The van der Waals surface area contributed by atoms with Crippen LogP contribution >= 0.6 is 0 Å². The molecule has 0 fully saturated rings. The lowest BCUT2D eigenvalue weighted by atomic mass is 9.76. The molecule has 0 saturated carbocycles. The van der Waals surface area contributed by atoms with Gasteiger partial charge in [-0.3, -0.25) is 4.99 Å². The summed E-state index contributed by atoms with van der Waals surface area (Å²) in [5.74, 6) is 1.21. The van der Waals surface area contributed by atoms with Gasteiger partial charge in [0, 0.05) is 18.4 Å². The van der Waals surface area contributed by atoms with E-state index in [0.717, 1.165) is 12.8 Å². The highest BCUT2D eigenvalue weighted by atomic mass is 14.9. The van der Waals surface area contributed by atoms with Crippen molar-refractivity contribution in [1.29, 1.82) is 0 Å². The molecule has 0 aromatic rings. The van der Waals surface area contributed by atoms with E-state index in [1.54, 1.807) is 14.0 Å². The molecular weight excluding hydrogens is 226 g/mol. The molecule has 0 aromatic carbocycles. The van der Waals surface area contributed by atoms with Crippen LogP contribution in [-0.2, 0) is 0 Å². The Labute approximate surface area is 111 Å². The SMILES string of the molecule is CCC(C(C)CCN)C(C(N)=NC)/C(N)=C(/C)N. The van der Waals surface area contributed by atoms with Crippen LogP contribution in [0.3, 0.4) is 0 Å². The highest BCUT2D eigenvalue weighted by molar-refractivity contribution is 5.85. The minimum absolute atomic E-state index is 0.0912. The second kappa shape index (κ2) is 7.97. The maximum Gasteiger partial charge on any atom is 0.103 e. The van der Waals surface area contributed by atoms with Gasteiger partial charge in [-0.2, -0.15) is 0 Å². The van der Waals surface area contributed by atoms with Gasteiger partial charge in [-0.05, 0) is 31.7 Å². The van der Waals surface area contributed by atoms with Crippen LogP contribution in [0.4, 0.5) is 0 Å². The summed E-state index contributed by atoms with van der Waals surface area (Å²) in [7, 11) is 1.68. The van der Waals surface area contributed by atoms with E-state index in [1.807, 2.05) is 0 Å². The maximum atomic E-state index is 6.11. The Morgan fingerprint density at radius 2 is 1.78 bits per heavy atom. The summed E-state index contributed by atoms with van der Waals surface area (Å²) >= 11 is 0. The number of aliphatic imine (C=N–C) groups is 1. The molecule has 0 rings (SSSR count).